The molecular weight excluding hydrogens is 259 g/mol. The Balaban J connectivity index is 2.82. The van der Waals surface area contributed by atoms with Gasteiger partial charge in [-0.25, -0.2) is 0 Å². The maximum Gasteiger partial charge on any atom is 0.417 e. The van der Waals surface area contributed by atoms with Crippen molar-refractivity contribution in [2.45, 2.75) is 12.3 Å². The molecule has 3 nitrogen and oxygen atoms in total. The summed E-state index contributed by atoms with van der Waals surface area (Å²) in [6.45, 7) is -0.512. The van der Waals surface area contributed by atoms with E-state index in [0.717, 1.165) is 12.1 Å². The first-order chi connectivity index (χ1) is 7.84. The molecule has 0 radical (unpaired) electrons. The van der Waals surface area contributed by atoms with Crippen LogP contribution in [-0.2, 0) is 6.18 Å². The molecule has 0 saturated carbocycles. The first-order valence-corrected chi connectivity index (χ1v) is 5.12. The second-order valence-corrected chi connectivity index (χ2v) is 3.82. The summed E-state index contributed by atoms with van der Waals surface area (Å²) in [5, 5.41) is 19.8. The number of benzene rings is 1. The average Bonchev–Trinajstić information content (AvgIpc) is 2.26. The zero-order valence-electron chi connectivity index (χ0n) is 8.63. The van der Waals surface area contributed by atoms with Crippen LogP contribution in [0.25, 0.3) is 0 Å². The van der Waals surface area contributed by atoms with Gasteiger partial charge < -0.3 is 15.5 Å². The summed E-state index contributed by atoms with van der Waals surface area (Å²) in [5.74, 6) is 0. The Bertz CT molecular complexity index is 384. The quantitative estimate of drug-likeness (QED) is 0.785. The number of aliphatic hydroxyl groups is 2. The van der Waals surface area contributed by atoms with E-state index < -0.39 is 24.5 Å². The lowest BCUT2D eigenvalue weighted by Crippen LogP contribution is -2.23. The minimum atomic E-state index is -4.52. The van der Waals surface area contributed by atoms with Crippen LogP contribution in [0.5, 0.6) is 0 Å². The number of hydrogen-bond donors (Lipinski definition) is 3. The van der Waals surface area contributed by atoms with Crippen molar-refractivity contribution in [1.29, 1.82) is 0 Å². The van der Waals surface area contributed by atoms with Gasteiger partial charge in [0.2, 0.25) is 0 Å². The molecule has 0 fully saturated rings. The standard InChI is InChI=1S/C10H11ClF3NO2/c11-9-2-1-6(15-4-7(17)5-16)3-8(9)10(12,13)14/h1-3,7,15-17H,4-5H2. The highest BCUT2D eigenvalue weighted by Crippen LogP contribution is 2.36. The van der Waals surface area contributed by atoms with Crippen LogP contribution in [0.1, 0.15) is 5.56 Å². The first kappa shape index (κ1) is 14.1. The number of rotatable bonds is 4. The Labute approximate surface area is 101 Å². The third-order valence-corrected chi connectivity index (χ3v) is 2.35. The van der Waals surface area contributed by atoms with E-state index in [9.17, 15) is 13.2 Å². The summed E-state index contributed by atoms with van der Waals surface area (Å²) in [6.07, 6.45) is -5.55. The van der Waals surface area contributed by atoms with Crippen molar-refractivity contribution in [2.24, 2.45) is 0 Å². The van der Waals surface area contributed by atoms with E-state index in [-0.39, 0.29) is 17.3 Å². The Morgan fingerprint density at radius 2 is 2.00 bits per heavy atom. The van der Waals surface area contributed by atoms with E-state index >= 15 is 0 Å². The molecule has 7 heteroatoms. The Morgan fingerprint density at radius 3 is 2.53 bits per heavy atom. The van der Waals surface area contributed by atoms with Crippen molar-refractivity contribution in [3.8, 4) is 0 Å². The Hall–Kier alpha value is -0.980. The maximum absolute atomic E-state index is 12.5. The van der Waals surface area contributed by atoms with E-state index in [4.69, 9.17) is 21.8 Å². The number of alkyl halides is 3. The van der Waals surface area contributed by atoms with Crippen molar-refractivity contribution in [1.82, 2.24) is 0 Å². The summed E-state index contributed by atoms with van der Waals surface area (Å²) in [4.78, 5) is 0. The lowest BCUT2D eigenvalue weighted by Gasteiger charge is -2.13. The number of nitrogens with one attached hydrogen (secondary N) is 1. The molecule has 1 unspecified atom stereocenters. The molecule has 1 rings (SSSR count). The van der Waals surface area contributed by atoms with E-state index in [2.05, 4.69) is 5.32 Å². The molecule has 1 aromatic rings. The van der Waals surface area contributed by atoms with Crippen molar-refractivity contribution in [3.05, 3.63) is 28.8 Å². The summed E-state index contributed by atoms with van der Waals surface area (Å²) < 4.78 is 37.5. The molecule has 1 aromatic carbocycles. The zero-order chi connectivity index (χ0) is 13.1. The highest BCUT2D eigenvalue weighted by atomic mass is 35.5. The normalized spacial score (nSPS) is 13.5. The van der Waals surface area contributed by atoms with Gasteiger partial charge in [-0.05, 0) is 18.2 Å². The fourth-order valence-corrected chi connectivity index (χ4v) is 1.38. The average molecular weight is 270 g/mol. The van der Waals surface area contributed by atoms with Gasteiger partial charge in [-0.15, -0.1) is 0 Å². The molecule has 0 saturated heterocycles. The van der Waals surface area contributed by atoms with Crippen LogP contribution >= 0.6 is 11.6 Å². The molecule has 0 bridgehead atoms. The number of halogens is 4. The maximum atomic E-state index is 12.5. The van der Waals surface area contributed by atoms with Gasteiger partial charge in [-0.1, -0.05) is 11.6 Å². The van der Waals surface area contributed by atoms with Gasteiger partial charge in [-0.3, -0.25) is 0 Å². The van der Waals surface area contributed by atoms with E-state index in [1.165, 1.54) is 6.07 Å². The van der Waals surface area contributed by atoms with Gasteiger partial charge in [0.1, 0.15) is 0 Å². The zero-order valence-corrected chi connectivity index (χ0v) is 9.39. The molecule has 0 amide bonds. The summed E-state index contributed by atoms with van der Waals surface area (Å²) in [5.41, 5.74) is -0.767. The Kier molecular flexibility index (Phi) is 4.62. The molecular formula is C10H11ClF3NO2. The van der Waals surface area contributed by atoms with Crippen LogP contribution < -0.4 is 5.32 Å². The predicted octanol–water partition coefficient (Wildman–Crippen LogP) is 2.12. The van der Waals surface area contributed by atoms with Gasteiger partial charge >= 0.3 is 6.18 Å². The molecule has 0 spiro atoms. The predicted molar refractivity (Wildman–Crippen MR) is 58.0 cm³/mol. The SMILES string of the molecule is OCC(O)CNc1ccc(Cl)c(C(F)(F)F)c1. The number of hydrogen-bond acceptors (Lipinski definition) is 3. The molecule has 0 aliphatic rings. The lowest BCUT2D eigenvalue weighted by molar-refractivity contribution is -0.137. The molecule has 1 atom stereocenters. The monoisotopic (exact) mass is 269 g/mol. The largest absolute Gasteiger partial charge is 0.417 e. The fraction of sp³-hybridized carbons (Fsp3) is 0.400. The van der Waals surface area contributed by atoms with Crippen LogP contribution in [0.4, 0.5) is 18.9 Å². The van der Waals surface area contributed by atoms with Crippen LogP contribution in [0.2, 0.25) is 5.02 Å². The highest BCUT2D eigenvalue weighted by Gasteiger charge is 2.33. The molecule has 96 valence electrons. The van der Waals surface area contributed by atoms with Crippen molar-refractivity contribution in [3.63, 3.8) is 0 Å². The van der Waals surface area contributed by atoms with Crippen molar-refractivity contribution >= 4 is 17.3 Å². The summed E-state index contributed by atoms with van der Waals surface area (Å²) in [6, 6.07) is 3.34. The Morgan fingerprint density at radius 1 is 1.35 bits per heavy atom. The molecule has 0 heterocycles. The van der Waals surface area contributed by atoms with E-state index in [1.54, 1.807) is 0 Å². The minimum Gasteiger partial charge on any atom is -0.394 e. The van der Waals surface area contributed by atoms with Crippen molar-refractivity contribution in [2.75, 3.05) is 18.5 Å². The summed E-state index contributed by atoms with van der Waals surface area (Å²) in [7, 11) is 0. The van der Waals surface area contributed by atoms with Crippen LogP contribution in [-0.4, -0.2) is 29.5 Å². The van der Waals surface area contributed by atoms with Crippen LogP contribution in [0.15, 0.2) is 18.2 Å². The third-order valence-electron chi connectivity index (χ3n) is 2.02. The smallest absolute Gasteiger partial charge is 0.394 e. The van der Waals surface area contributed by atoms with E-state index in [1.807, 2.05) is 0 Å². The van der Waals surface area contributed by atoms with E-state index in [0.29, 0.717) is 0 Å². The number of aliphatic hydroxyl groups excluding tert-OH is 2. The van der Waals surface area contributed by atoms with Gasteiger partial charge in [-0.2, -0.15) is 13.2 Å². The molecule has 0 aliphatic carbocycles. The topological polar surface area (TPSA) is 52.5 Å². The van der Waals surface area contributed by atoms with Crippen LogP contribution in [0, 0.1) is 0 Å². The van der Waals surface area contributed by atoms with Crippen LogP contribution in [0.3, 0.4) is 0 Å². The summed E-state index contributed by atoms with van der Waals surface area (Å²) >= 11 is 5.43. The molecule has 3 N–H and O–H groups in total. The molecule has 0 aromatic heterocycles. The van der Waals surface area contributed by atoms with Gasteiger partial charge in [0, 0.05) is 12.2 Å². The first-order valence-electron chi connectivity index (χ1n) is 4.74. The molecule has 17 heavy (non-hydrogen) atoms. The third kappa shape index (κ3) is 4.07. The molecule has 0 aliphatic heterocycles. The second-order valence-electron chi connectivity index (χ2n) is 3.41. The lowest BCUT2D eigenvalue weighted by atomic mass is 10.2. The minimum absolute atomic E-state index is 0.0462. The number of anilines is 1. The highest BCUT2D eigenvalue weighted by molar-refractivity contribution is 6.31. The van der Waals surface area contributed by atoms with Gasteiger partial charge in [0.25, 0.3) is 0 Å². The van der Waals surface area contributed by atoms with Crippen molar-refractivity contribution < 1.29 is 23.4 Å². The van der Waals surface area contributed by atoms with Gasteiger partial charge in [0.05, 0.1) is 23.3 Å². The second kappa shape index (κ2) is 5.57. The van der Waals surface area contributed by atoms with Gasteiger partial charge in [0.15, 0.2) is 0 Å². The fourth-order valence-electron chi connectivity index (χ4n) is 1.15.